The summed E-state index contributed by atoms with van der Waals surface area (Å²) in [6.45, 7) is 0.145. The van der Waals surface area contributed by atoms with Crippen molar-refractivity contribution in [3.05, 3.63) is 68.8 Å². The Kier molecular flexibility index (Phi) is 10.4. The molecule has 3 aliphatic rings. The Balaban J connectivity index is 1.48. The van der Waals surface area contributed by atoms with Gasteiger partial charge in [0.25, 0.3) is 0 Å². The second-order valence-electron chi connectivity index (χ2n) is 11.8. The molecule has 2 bridgehead atoms. The zero-order valence-corrected chi connectivity index (χ0v) is 26.4. The smallest absolute Gasteiger partial charge is 0.247 e. The quantitative estimate of drug-likeness (QED) is 0.227. The highest BCUT2D eigenvalue weighted by atomic mass is 127. The van der Waals surface area contributed by atoms with Gasteiger partial charge in [-0.05, 0) is 83.4 Å². The first-order valence-electron chi connectivity index (χ1n) is 14.9. The van der Waals surface area contributed by atoms with Crippen molar-refractivity contribution in [1.82, 2.24) is 10.2 Å². The van der Waals surface area contributed by atoms with Crippen molar-refractivity contribution >= 4 is 40.7 Å². The highest BCUT2D eigenvalue weighted by Crippen LogP contribution is 2.50. The number of aliphatic hydroxyl groups is 2. The van der Waals surface area contributed by atoms with Gasteiger partial charge in [-0.25, -0.2) is 0 Å². The molecule has 2 saturated carbocycles. The molecule has 2 aromatic rings. The minimum Gasteiger partial charge on any atom is -0.493 e. The average molecular weight is 703 g/mol. The van der Waals surface area contributed by atoms with Crippen LogP contribution in [0.5, 0.6) is 11.5 Å². The Morgan fingerprint density at radius 2 is 1.95 bits per heavy atom. The first-order valence-corrected chi connectivity index (χ1v) is 16.0. The summed E-state index contributed by atoms with van der Waals surface area (Å²) in [5, 5.41) is 23.9. The number of amides is 2. The minimum atomic E-state index is -1.16. The van der Waals surface area contributed by atoms with Crippen molar-refractivity contribution in [2.24, 2.45) is 17.8 Å². The van der Waals surface area contributed by atoms with E-state index in [-0.39, 0.29) is 32.0 Å². The first-order chi connectivity index (χ1) is 20.8. The summed E-state index contributed by atoms with van der Waals surface area (Å²) < 4.78 is 12.4. The SMILES string of the molecule is COc1cc(C=O)cc(I)c1OC1C=C(C(=O)NCCO)CC(N(Cc2ccccc2)C(=O)CC2CC3CCC2C3)C1O. The standard InChI is InChI=1S/C33H39IN2O7/c1-42-29-14-22(19-38)13-26(34)32(29)43-28-16-25(33(41)35-9-10-37)15-27(31(28)40)36(18-20-5-3-2-4-6-20)30(39)17-24-12-21-7-8-23(24)11-21/h2-6,13-14,16,19,21,23-24,27-28,31,37,40H,7-12,15,17-18H2,1H3,(H,35,41). The number of ether oxygens (including phenoxy) is 2. The van der Waals surface area contributed by atoms with Crippen LogP contribution >= 0.6 is 22.6 Å². The van der Waals surface area contributed by atoms with Crippen molar-refractivity contribution in [3.63, 3.8) is 0 Å². The van der Waals surface area contributed by atoms with Gasteiger partial charge in [0.1, 0.15) is 18.5 Å². The van der Waals surface area contributed by atoms with Gasteiger partial charge in [-0.3, -0.25) is 14.4 Å². The molecule has 0 saturated heterocycles. The number of hydrogen-bond acceptors (Lipinski definition) is 7. The van der Waals surface area contributed by atoms with Crippen LogP contribution < -0.4 is 14.8 Å². The van der Waals surface area contributed by atoms with E-state index in [0.29, 0.717) is 56.7 Å². The Bertz CT molecular complexity index is 1350. The van der Waals surface area contributed by atoms with Gasteiger partial charge in [-0.1, -0.05) is 36.8 Å². The summed E-state index contributed by atoms with van der Waals surface area (Å²) in [4.78, 5) is 40.5. The highest BCUT2D eigenvalue weighted by molar-refractivity contribution is 14.1. The Labute approximate surface area is 265 Å². The Morgan fingerprint density at radius 3 is 2.60 bits per heavy atom. The van der Waals surface area contributed by atoms with Gasteiger partial charge in [0.05, 0.1) is 23.3 Å². The molecule has 5 rings (SSSR count). The summed E-state index contributed by atoms with van der Waals surface area (Å²) in [5.74, 6) is 1.83. The number of hydrogen-bond donors (Lipinski definition) is 3. The fourth-order valence-corrected chi connectivity index (χ4v) is 7.73. The maximum Gasteiger partial charge on any atom is 0.247 e. The number of carbonyl (C=O) groups is 3. The summed E-state index contributed by atoms with van der Waals surface area (Å²) in [6, 6.07) is 12.1. The molecule has 43 heavy (non-hydrogen) atoms. The van der Waals surface area contributed by atoms with Gasteiger partial charge >= 0.3 is 0 Å². The third-order valence-corrected chi connectivity index (χ3v) is 9.90. The van der Waals surface area contributed by atoms with E-state index in [1.54, 1.807) is 23.1 Å². The van der Waals surface area contributed by atoms with Crippen LogP contribution in [-0.4, -0.2) is 71.7 Å². The molecule has 2 amide bonds. The number of methoxy groups -OCH3 is 1. The zero-order valence-electron chi connectivity index (χ0n) is 24.3. The molecule has 6 unspecified atom stereocenters. The molecular weight excluding hydrogens is 663 g/mol. The maximum atomic E-state index is 14.1. The second-order valence-corrected chi connectivity index (χ2v) is 13.0. The molecule has 2 fully saturated rings. The van der Waals surface area contributed by atoms with Crippen LogP contribution in [0.3, 0.4) is 0 Å². The van der Waals surface area contributed by atoms with E-state index < -0.39 is 24.2 Å². The Hall–Kier alpha value is -2.96. The molecular formula is C33H39IN2O7. The second kappa shape index (κ2) is 14.2. The minimum absolute atomic E-state index is 0.0382. The predicted octanol–water partition coefficient (Wildman–Crippen LogP) is 3.88. The molecule has 3 N–H and O–H groups in total. The van der Waals surface area contributed by atoms with E-state index in [1.165, 1.54) is 26.4 Å². The zero-order chi connectivity index (χ0) is 30.5. The number of aliphatic hydroxyl groups excluding tert-OH is 2. The van der Waals surface area contributed by atoms with E-state index >= 15 is 0 Å². The highest BCUT2D eigenvalue weighted by Gasteiger charge is 2.44. The van der Waals surface area contributed by atoms with Crippen molar-refractivity contribution < 1.29 is 34.1 Å². The van der Waals surface area contributed by atoms with E-state index in [9.17, 15) is 24.6 Å². The lowest BCUT2D eigenvalue weighted by Gasteiger charge is -2.41. The summed E-state index contributed by atoms with van der Waals surface area (Å²) >= 11 is 2.04. The van der Waals surface area contributed by atoms with Crippen molar-refractivity contribution in [2.45, 2.75) is 63.3 Å². The van der Waals surface area contributed by atoms with E-state index in [1.807, 2.05) is 52.9 Å². The predicted molar refractivity (Wildman–Crippen MR) is 169 cm³/mol. The van der Waals surface area contributed by atoms with Gasteiger partial charge in [-0.15, -0.1) is 0 Å². The molecule has 3 aliphatic carbocycles. The number of nitrogens with zero attached hydrogens (tertiary/aromatic N) is 1. The maximum absolute atomic E-state index is 14.1. The van der Waals surface area contributed by atoms with Crippen LogP contribution in [0.2, 0.25) is 0 Å². The van der Waals surface area contributed by atoms with E-state index in [0.717, 1.165) is 12.0 Å². The van der Waals surface area contributed by atoms with Crippen LogP contribution in [0.25, 0.3) is 0 Å². The Morgan fingerprint density at radius 1 is 1.16 bits per heavy atom. The number of halogens is 1. The third kappa shape index (κ3) is 7.24. The number of rotatable bonds is 12. The molecule has 0 aromatic heterocycles. The number of carbonyl (C=O) groups excluding carboxylic acids is 3. The van der Waals surface area contributed by atoms with Crippen molar-refractivity contribution in [1.29, 1.82) is 0 Å². The van der Waals surface area contributed by atoms with Crippen LogP contribution in [0.15, 0.2) is 54.1 Å². The molecule has 9 nitrogen and oxygen atoms in total. The number of aldehydes is 1. The topological polar surface area (TPSA) is 125 Å². The van der Waals surface area contributed by atoms with Crippen LogP contribution in [0.4, 0.5) is 0 Å². The van der Waals surface area contributed by atoms with Gasteiger partial charge in [0.2, 0.25) is 11.8 Å². The van der Waals surface area contributed by atoms with Crippen molar-refractivity contribution in [2.75, 3.05) is 20.3 Å². The molecule has 230 valence electrons. The van der Waals surface area contributed by atoms with Gasteiger partial charge in [0, 0.05) is 37.1 Å². The van der Waals surface area contributed by atoms with Crippen LogP contribution in [0.1, 0.15) is 54.4 Å². The summed E-state index contributed by atoms with van der Waals surface area (Å²) in [5.41, 5.74) is 1.70. The van der Waals surface area contributed by atoms with Crippen LogP contribution in [-0.2, 0) is 16.1 Å². The molecule has 0 spiro atoms. The van der Waals surface area contributed by atoms with Crippen LogP contribution in [0, 0.1) is 21.3 Å². The summed E-state index contributed by atoms with van der Waals surface area (Å²) in [6.07, 6.45) is 5.37. The fourth-order valence-electron chi connectivity index (χ4n) is 6.98. The molecule has 0 aliphatic heterocycles. The van der Waals surface area contributed by atoms with E-state index in [2.05, 4.69) is 5.32 Å². The molecule has 6 atom stereocenters. The van der Waals surface area contributed by atoms with Crippen molar-refractivity contribution in [3.8, 4) is 11.5 Å². The summed E-state index contributed by atoms with van der Waals surface area (Å²) in [7, 11) is 1.46. The van der Waals surface area contributed by atoms with Gasteiger partial charge < -0.3 is 29.9 Å². The number of benzene rings is 2. The average Bonchev–Trinajstić information content (AvgIpc) is 3.64. The lowest BCUT2D eigenvalue weighted by atomic mass is 9.84. The third-order valence-electron chi connectivity index (χ3n) is 9.09. The largest absolute Gasteiger partial charge is 0.493 e. The van der Waals surface area contributed by atoms with E-state index in [4.69, 9.17) is 9.47 Å². The first kappa shape index (κ1) is 31.5. The van der Waals surface area contributed by atoms with Gasteiger partial charge in [0.15, 0.2) is 11.5 Å². The monoisotopic (exact) mass is 702 g/mol. The lowest BCUT2D eigenvalue weighted by Crippen LogP contribution is -2.55. The normalized spacial score (nSPS) is 26.0. The van der Waals surface area contributed by atoms with Gasteiger partial charge in [-0.2, -0.15) is 0 Å². The lowest BCUT2D eigenvalue weighted by molar-refractivity contribution is -0.141. The molecule has 0 radical (unpaired) electrons. The molecule has 2 aromatic carbocycles. The molecule has 0 heterocycles. The molecule has 10 heteroatoms. The fraction of sp³-hybridized carbons (Fsp3) is 0.485. The number of nitrogens with one attached hydrogen (secondary N) is 1. The number of fused-ring (bicyclic) bond motifs is 2.